The van der Waals surface area contributed by atoms with Crippen LogP contribution in [0.4, 0.5) is 0 Å². The quantitative estimate of drug-likeness (QED) is 0.169. The molecule has 4 nitrogen and oxygen atoms in total. The SMILES string of the molecule is CC(C)(C)c1ccc(-c2c3nc(c(-c4ccccc4CBr)c4nc(c(-c5ccc(C(C)(C)C)cc5)c5ccc([nH]5)c(-c5ccc(C(C)(C)C)cc5)c5ccc2[nH]5)C=C4)C=C3)cc1. The minimum absolute atomic E-state index is 0.0293. The summed E-state index contributed by atoms with van der Waals surface area (Å²) >= 11 is 3.80. The molecule has 0 saturated heterocycles. The summed E-state index contributed by atoms with van der Waals surface area (Å²) in [4.78, 5) is 18.9. The van der Waals surface area contributed by atoms with Crippen LogP contribution in [0.3, 0.4) is 0 Å². The van der Waals surface area contributed by atoms with Crippen LogP contribution in [-0.2, 0) is 21.6 Å². The molecule has 9 rings (SSSR count). The number of nitrogens with zero attached hydrogens (tertiary/aromatic N) is 2. The smallest absolute Gasteiger partial charge is 0.0738 e. The van der Waals surface area contributed by atoms with E-state index in [2.05, 4.69) is 234 Å². The van der Waals surface area contributed by atoms with Crippen molar-refractivity contribution in [3.63, 3.8) is 0 Å². The van der Waals surface area contributed by atoms with Crippen LogP contribution in [0.2, 0.25) is 0 Å². The molecule has 0 unspecified atom stereocenters. The van der Waals surface area contributed by atoms with Gasteiger partial charge in [0.15, 0.2) is 0 Å². The average molecular weight is 876 g/mol. The molecule has 0 fully saturated rings. The second kappa shape index (κ2) is 15.7. The van der Waals surface area contributed by atoms with Gasteiger partial charge in [-0.2, -0.15) is 0 Å². The molecule has 4 aromatic carbocycles. The maximum absolute atomic E-state index is 5.53. The number of fused-ring (bicyclic) bond motifs is 8. The van der Waals surface area contributed by atoms with Crippen molar-refractivity contribution in [2.75, 3.05) is 0 Å². The fourth-order valence-corrected chi connectivity index (χ4v) is 9.18. The lowest BCUT2D eigenvalue weighted by Gasteiger charge is -2.19. The molecule has 2 aliphatic rings. The summed E-state index contributed by atoms with van der Waals surface area (Å²) in [5.41, 5.74) is 21.3. The highest BCUT2D eigenvalue weighted by atomic mass is 79.9. The van der Waals surface area contributed by atoms with E-state index >= 15 is 0 Å². The Hall–Kier alpha value is -6.04. The number of H-pyrrole nitrogens is 2. The van der Waals surface area contributed by atoms with Crippen LogP contribution in [0.15, 0.2) is 121 Å². The molecule has 62 heavy (non-hydrogen) atoms. The molecule has 8 bridgehead atoms. The zero-order valence-electron chi connectivity index (χ0n) is 37.3. The largest absolute Gasteiger partial charge is 0.354 e. The summed E-state index contributed by atoms with van der Waals surface area (Å²) < 4.78 is 0. The van der Waals surface area contributed by atoms with Gasteiger partial charge in [0.1, 0.15) is 0 Å². The molecule has 7 aromatic rings. The lowest BCUT2D eigenvalue weighted by molar-refractivity contribution is 0.590. The fourth-order valence-electron chi connectivity index (χ4n) is 8.69. The number of hydrogen-bond donors (Lipinski definition) is 2. The lowest BCUT2D eigenvalue weighted by Crippen LogP contribution is -2.10. The number of hydrogen-bond acceptors (Lipinski definition) is 2. The Labute approximate surface area is 375 Å². The summed E-state index contributed by atoms with van der Waals surface area (Å²) in [5, 5.41) is 0.705. The van der Waals surface area contributed by atoms with Crippen molar-refractivity contribution in [3.8, 4) is 44.5 Å². The van der Waals surface area contributed by atoms with Crippen molar-refractivity contribution >= 4 is 62.3 Å². The predicted molar refractivity (Wildman–Crippen MR) is 269 cm³/mol. The second-order valence-electron chi connectivity index (χ2n) is 19.8. The molecular weight excluding hydrogens is 821 g/mol. The van der Waals surface area contributed by atoms with Gasteiger partial charge in [-0.25, -0.2) is 9.97 Å². The highest BCUT2D eigenvalue weighted by Crippen LogP contribution is 2.40. The Balaban J connectivity index is 1.43. The average Bonchev–Trinajstić information content (AvgIpc) is 4.09. The monoisotopic (exact) mass is 874 g/mol. The van der Waals surface area contributed by atoms with Crippen LogP contribution < -0.4 is 0 Å². The van der Waals surface area contributed by atoms with E-state index in [1.165, 1.54) is 22.3 Å². The predicted octanol–water partition coefficient (Wildman–Crippen LogP) is 16.1. The van der Waals surface area contributed by atoms with E-state index in [1.54, 1.807) is 0 Å². The molecule has 2 aliphatic heterocycles. The highest BCUT2D eigenvalue weighted by Gasteiger charge is 2.22. The van der Waals surface area contributed by atoms with E-state index in [4.69, 9.17) is 9.97 Å². The van der Waals surface area contributed by atoms with Crippen LogP contribution in [0.5, 0.6) is 0 Å². The van der Waals surface area contributed by atoms with Gasteiger partial charge in [0.25, 0.3) is 0 Å². The number of nitrogens with one attached hydrogen (secondary N) is 2. The molecule has 0 radical (unpaired) electrons. The molecule has 5 heterocycles. The van der Waals surface area contributed by atoms with Crippen molar-refractivity contribution < 1.29 is 0 Å². The maximum atomic E-state index is 5.53. The number of aromatic nitrogens is 4. The first-order chi connectivity index (χ1) is 29.6. The molecule has 0 spiro atoms. The standard InChI is InChI=1S/C57H55BrN4/c1-55(2,3)39-20-14-35(15-21-39)51-43-26-28-45(59-43)52(36-16-22-40(23-17-36)56(4,5)6)47-30-32-49(61-47)54(42-13-11-10-12-38(42)34-58)50-33-31-48(62-50)53(46-29-27-44(51)60-46)37-18-24-41(25-19-37)57(7,8)9/h10-33,59-60H,34H2,1-9H3. The Morgan fingerprint density at radius 1 is 0.387 bits per heavy atom. The third kappa shape index (κ3) is 7.84. The molecule has 0 amide bonds. The minimum Gasteiger partial charge on any atom is -0.354 e. The van der Waals surface area contributed by atoms with E-state index in [0.29, 0.717) is 5.33 Å². The highest BCUT2D eigenvalue weighted by molar-refractivity contribution is 9.08. The number of alkyl halides is 1. The van der Waals surface area contributed by atoms with Crippen molar-refractivity contribution in [1.29, 1.82) is 0 Å². The molecule has 2 N–H and O–H groups in total. The van der Waals surface area contributed by atoms with E-state index in [9.17, 15) is 0 Å². The first kappa shape index (κ1) is 41.3. The Bertz CT molecular complexity index is 2910. The van der Waals surface area contributed by atoms with Crippen LogP contribution in [0.25, 0.3) is 90.9 Å². The molecule has 0 atom stereocenters. The van der Waals surface area contributed by atoms with E-state index in [-0.39, 0.29) is 16.2 Å². The maximum Gasteiger partial charge on any atom is 0.0738 e. The fraction of sp³-hybridized carbons (Fsp3) is 0.228. The van der Waals surface area contributed by atoms with E-state index < -0.39 is 0 Å². The topological polar surface area (TPSA) is 57.4 Å². The lowest BCUT2D eigenvalue weighted by atomic mass is 9.86. The first-order valence-electron chi connectivity index (χ1n) is 21.7. The van der Waals surface area contributed by atoms with Gasteiger partial charge in [-0.15, -0.1) is 0 Å². The van der Waals surface area contributed by atoms with Gasteiger partial charge >= 0.3 is 0 Å². The number of rotatable bonds is 5. The van der Waals surface area contributed by atoms with Gasteiger partial charge in [-0.3, -0.25) is 0 Å². The zero-order chi connectivity index (χ0) is 43.6. The second-order valence-corrected chi connectivity index (χ2v) is 20.3. The van der Waals surface area contributed by atoms with Crippen LogP contribution >= 0.6 is 15.9 Å². The van der Waals surface area contributed by atoms with Gasteiger partial charge in [0.2, 0.25) is 0 Å². The number of benzene rings is 4. The molecule has 310 valence electrons. The minimum atomic E-state index is 0.0293. The summed E-state index contributed by atoms with van der Waals surface area (Å²) in [7, 11) is 0. The number of aromatic amines is 2. The van der Waals surface area contributed by atoms with Gasteiger partial charge in [-0.05, 0) is 109 Å². The molecular formula is C57H55BrN4. The third-order valence-electron chi connectivity index (χ3n) is 12.3. The van der Waals surface area contributed by atoms with E-state index in [1.807, 2.05) is 0 Å². The van der Waals surface area contributed by atoms with Gasteiger partial charge in [0, 0.05) is 49.7 Å². The summed E-state index contributed by atoms with van der Waals surface area (Å²) in [6, 6.07) is 44.5. The van der Waals surface area contributed by atoms with Crippen molar-refractivity contribution in [1.82, 2.24) is 19.9 Å². The van der Waals surface area contributed by atoms with Crippen LogP contribution in [0, 0.1) is 0 Å². The Kier molecular flexibility index (Phi) is 10.5. The van der Waals surface area contributed by atoms with Crippen molar-refractivity contribution in [2.45, 2.75) is 83.9 Å². The Morgan fingerprint density at radius 2 is 0.710 bits per heavy atom. The van der Waals surface area contributed by atoms with E-state index in [0.717, 1.165) is 89.4 Å². The molecule has 0 aliphatic carbocycles. The summed E-state index contributed by atoms with van der Waals surface area (Å²) in [5.74, 6) is 0. The van der Waals surface area contributed by atoms with Crippen molar-refractivity contribution in [3.05, 3.63) is 166 Å². The van der Waals surface area contributed by atoms with Gasteiger partial charge < -0.3 is 9.97 Å². The number of halogens is 1. The van der Waals surface area contributed by atoms with Gasteiger partial charge in [0.05, 0.1) is 22.8 Å². The normalized spacial score (nSPS) is 12.9. The molecule has 0 saturated carbocycles. The van der Waals surface area contributed by atoms with Crippen LogP contribution in [0.1, 0.15) is 107 Å². The van der Waals surface area contributed by atoms with Crippen LogP contribution in [-0.4, -0.2) is 19.9 Å². The molecule has 5 heteroatoms. The zero-order valence-corrected chi connectivity index (χ0v) is 38.9. The Morgan fingerprint density at radius 3 is 1.06 bits per heavy atom. The third-order valence-corrected chi connectivity index (χ3v) is 12.9. The summed E-state index contributed by atoms with van der Waals surface area (Å²) in [6.45, 7) is 20.3. The van der Waals surface area contributed by atoms with Crippen molar-refractivity contribution in [2.24, 2.45) is 0 Å². The molecule has 3 aromatic heterocycles. The summed E-state index contributed by atoms with van der Waals surface area (Å²) in [6.07, 6.45) is 8.66. The van der Waals surface area contributed by atoms with Gasteiger partial charge in [-0.1, -0.05) is 175 Å². The first-order valence-corrected chi connectivity index (χ1v) is 22.8.